The van der Waals surface area contributed by atoms with Crippen molar-refractivity contribution in [1.29, 1.82) is 0 Å². The standard InChI is InChI=1S/C17H14N4O/c1-11-15(20-10-19-11)9-21-7-6-12-8-18-14-5-3-2-4-13(14)16(12)17(21)22/h2-8,10H,9H2,1H3,(H,19,20). The monoisotopic (exact) mass is 290 g/mol. The van der Waals surface area contributed by atoms with E-state index in [1.807, 2.05) is 37.3 Å². The average Bonchev–Trinajstić information content (AvgIpc) is 2.94. The molecule has 0 amide bonds. The smallest absolute Gasteiger partial charge is 0.259 e. The van der Waals surface area contributed by atoms with Crippen molar-refractivity contribution in [2.45, 2.75) is 13.5 Å². The highest BCUT2D eigenvalue weighted by atomic mass is 16.1. The highest BCUT2D eigenvalue weighted by molar-refractivity contribution is 6.04. The van der Waals surface area contributed by atoms with Crippen LogP contribution in [0.4, 0.5) is 0 Å². The summed E-state index contributed by atoms with van der Waals surface area (Å²) in [6.45, 7) is 2.41. The van der Waals surface area contributed by atoms with Crippen LogP contribution in [0.25, 0.3) is 21.7 Å². The lowest BCUT2D eigenvalue weighted by Crippen LogP contribution is -2.21. The summed E-state index contributed by atoms with van der Waals surface area (Å²) in [7, 11) is 0. The molecule has 0 saturated carbocycles. The third-order valence-corrected chi connectivity index (χ3v) is 3.97. The Hall–Kier alpha value is -2.95. The van der Waals surface area contributed by atoms with Crippen LogP contribution in [-0.4, -0.2) is 19.5 Å². The van der Waals surface area contributed by atoms with E-state index in [1.54, 1.807) is 23.3 Å². The van der Waals surface area contributed by atoms with Gasteiger partial charge in [0, 0.05) is 28.9 Å². The van der Waals surface area contributed by atoms with Crippen LogP contribution in [0.2, 0.25) is 0 Å². The quantitative estimate of drug-likeness (QED) is 0.577. The van der Waals surface area contributed by atoms with Gasteiger partial charge in [-0.3, -0.25) is 9.78 Å². The maximum atomic E-state index is 12.9. The van der Waals surface area contributed by atoms with Crippen LogP contribution < -0.4 is 5.56 Å². The summed E-state index contributed by atoms with van der Waals surface area (Å²) in [5, 5.41) is 2.46. The van der Waals surface area contributed by atoms with Gasteiger partial charge in [0.1, 0.15) is 0 Å². The number of para-hydroxylation sites is 1. The van der Waals surface area contributed by atoms with Gasteiger partial charge >= 0.3 is 0 Å². The second kappa shape index (κ2) is 4.80. The van der Waals surface area contributed by atoms with Crippen LogP contribution >= 0.6 is 0 Å². The van der Waals surface area contributed by atoms with E-state index in [-0.39, 0.29) is 5.56 Å². The summed E-state index contributed by atoms with van der Waals surface area (Å²) >= 11 is 0. The van der Waals surface area contributed by atoms with Crippen LogP contribution in [0, 0.1) is 6.92 Å². The molecule has 0 aliphatic heterocycles. The number of hydrogen-bond acceptors (Lipinski definition) is 3. The molecule has 108 valence electrons. The average molecular weight is 290 g/mol. The van der Waals surface area contributed by atoms with E-state index in [1.165, 1.54) is 0 Å². The summed E-state index contributed by atoms with van der Waals surface area (Å²) in [4.78, 5) is 24.6. The maximum absolute atomic E-state index is 12.9. The largest absolute Gasteiger partial charge is 0.348 e. The molecule has 0 atom stereocenters. The molecule has 5 heteroatoms. The Kier molecular flexibility index (Phi) is 2.79. The molecule has 0 fully saturated rings. The van der Waals surface area contributed by atoms with Gasteiger partial charge in [0.15, 0.2) is 0 Å². The molecular weight excluding hydrogens is 276 g/mol. The summed E-state index contributed by atoms with van der Waals surface area (Å²) in [6.07, 6.45) is 5.20. The number of pyridine rings is 2. The molecule has 0 aliphatic carbocycles. The minimum atomic E-state index is -0.0153. The van der Waals surface area contributed by atoms with Crippen LogP contribution in [0.3, 0.4) is 0 Å². The number of hydrogen-bond donors (Lipinski definition) is 1. The van der Waals surface area contributed by atoms with Crippen molar-refractivity contribution in [2.24, 2.45) is 0 Å². The van der Waals surface area contributed by atoms with Crippen LogP contribution in [-0.2, 0) is 6.54 Å². The third-order valence-electron chi connectivity index (χ3n) is 3.97. The molecule has 3 heterocycles. The van der Waals surface area contributed by atoms with Gasteiger partial charge in [-0.05, 0) is 19.1 Å². The Bertz CT molecular complexity index is 1050. The van der Waals surface area contributed by atoms with Crippen LogP contribution in [0.5, 0.6) is 0 Å². The van der Waals surface area contributed by atoms with Crippen molar-refractivity contribution in [2.75, 3.05) is 0 Å². The van der Waals surface area contributed by atoms with Crippen molar-refractivity contribution in [3.05, 3.63) is 70.8 Å². The summed E-state index contributed by atoms with van der Waals surface area (Å²) in [5.41, 5.74) is 2.67. The van der Waals surface area contributed by atoms with Gasteiger partial charge in [0.2, 0.25) is 0 Å². The molecule has 0 unspecified atom stereocenters. The van der Waals surface area contributed by atoms with Crippen molar-refractivity contribution in [3.8, 4) is 0 Å². The predicted octanol–water partition coefficient (Wildman–Crippen LogP) is 2.63. The van der Waals surface area contributed by atoms with Crippen molar-refractivity contribution in [3.63, 3.8) is 0 Å². The predicted molar refractivity (Wildman–Crippen MR) is 85.9 cm³/mol. The minimum absolute atomic E-state index is 0.0153. The first kappa shape index (κ1) is 12.8. The molecule has 5 nitrogen and oxygen atoms in total. The highest BCUT2D eigenvalue weighted by Gasteiger charge is 2.09. The number of aromatic amines is 1. The highest BCUT2D eigenvalue weighted by Crippen LogP contribution is 2.20. The van der Waals surface area contributed by atoms with E-state index >= 15 is 0 Å². The molecule has 1 aromatic carbocycles. The van der Waals surface area contributed by atoms with Crippen LogP contribution in [0.1, 0.15) is 11.4 Å². The molecule has 3 aromatic heterocycles. The first-order valence-corrected chi connectivity index (χ1v) is 7.10. The number of nitrogens with one attached hydrogen (secondary N) is 1. The Balaban J connectivity index is 1.98. The van der Waals surface area contributed by atoms with E-state index < -0.39 is 0 Å². The minimum Gasteiger partial charge on any atom is -0.348 e. The molecule has 0 radical (unpaired) electrons. The van der Waals surface area contributed by atoms with Gasteiger partial charge in [0.25, 0.3) is 5.56 Å². The van der Waals surface area contributed by atoms with Gasteiger partial charge in [-0.2, -0.15) is 0 Å². The summed E-state index contributed by atoms with van der Waals surface area (Å²) < 4.78 is 1.69. The Morgan fingerprint density at radius 3 is 2.86 bits per heavy atom. The number of aromatic nitrogens is 4. The van der Waals surface area contributed by atoms with Crippen molar-refractivity contribution >= 4 is 21.7 Å². The Morgan fingerprint density at radius 2 is 2.05 bits per heavy atom. The fourth-order valence-corrected chi connectivity index (χ4v) is 2.74. The van der Waals surface area contributed by atoms with Crippen molar-refractivity contribution in [1.82, 2.24) is 19.5 Å². The Labute approximate surface area is 126 Å². The lowest BCUT2D eigenvalue weighted by atomic mass is 10.1. The number of benzene rings is 1. The summed E-state index contributed by atoms with van der Waals surface area (Å²) in [5.74, 6) is 0. The topological polar surface area (TPSA) is 63.6 Å². The zero-order chi connectivity index (χ0) is 15.1. The molecular formula is C17H14N4O. The van der Waals surface area contributed by atoms with Gasteiger partial charge in [-0.1, -0.05) is 18.2 Å². The van der Waals surface area contributed by atoms with E-state index in [2.05, 4.69) is 15.0 Å². The zero-order valence-corrected chi connectivity index (χ0v) is 12.1. The third kappa shape index (κ3) is 1.90. The number of rotatable bonds is 2. The number of aryl methyl sites for hydroxylation is 1. The van der Waals surface area contributed by atoms with Gasteiger partial charge in [-0.15, -0.1) is 0 Å². The molecule has 4 aromatic rings. The number of H-pyrrole nitrogens is 1. The second-order valence-electron chi connectivity index (χ2n) is 5.33. The first-order chi connectivity index (χ1) is 10.7. The van der Waals surface area contributed by atoms with E-state index in [0.29, 0.717) is 11.9 Å². The zero-order valence-electron chi connectivity index (χ0n) is 12.1. The van der Waals surface area contributed by atoms with Crippen LogP contribution in [0.15, 0.2) is 53.8 Å². The fourth-order valence-electron chi connectivity index (χ4n) is 2.74. The fraction of sp³-hybridized carbons (Fsp3) is 0.118. The molecule has 0 saturated heterocycles. The second-order valence-corrected chi connectivity index (χ2v) is 5.33. The lowest BCUT2D eigenvalue weighted by molar-refractivity contribution is 0.747. The molecule has 0 aliphatic rings. The molecule has 1 N–H and O–H groups in total. The lowest BCUT2D eigenvalue weighted by Gasteiger charge is -2.08. The van der Waals surface area contributed by atoms with Crippen molar-refractivity contribution < 1.29 is 0 Å². The Morgan fingerprint density at radius 1 is 1.18 bits per heavy atom. The van der Waals surface area contributed by atoms with E-state index in [0.717, 1.165) is 27.7 Å². The van der Waals surface area contributed by atoms with Gasteiger partial charge < -0.3 is 9.55 Å². The SMILES string of the molecule is Cc1[nH]cnc1Cn1ccc2cnc3ccccc3c2c1=O. The normalized spacial score (nSPS) is 11.3. The molecule has 0 bridgehead atoms. The first-order valence-electron chi connectivity index (χ1n) is 7.10. The number of fused-ring (bicyclic) bond motifs is 3. The van der Waals surface area contributed by atoms with Gasteiger partial charge in [0.05, 0.1) is 29.5 Å². The number of imidazole rings is 1. The maximum Gasteiger partial charge on any atom is 0.259 e. The van der Waals surface area contributed by atoms with E-state index in [9.17, 15) is 4.79 Å². The summed E-state index contributed by atoms with van der Waals surface area (Å²) in [6, 6.07) is 9.64. The molecule has 22 heavy (non-hydrogen) atoms. The molecule has 4 rings (SSSR count). The molecule has 0 spiro atoms. The van der Waals surface area contributed by atoms with E-state index in [4.69, 9.17) is 0 Å². The van der Waals surface area contributed by atoms with Gasteiger partial charge in [-0.25, -0.2) is 4.98 Å². The number of nitrogens with zero attached hydrogens (tertiary/aromatic N) is 3.